The lowest BCUT2D eigenvalue weighted by Gasteiger charge is -2.31. The quantitative estimate of drug-likeness (QED) is 0.804. The second-order valence-corrected chi connectivity index (χ2v) is 5.48. The zero-order chi connectivity index (χ0) is 12.1. The molecule has 2 atom stereocenters. The third kappa shape index (κ3) is 3.24. The van der Waals surface area contributed by atoms with Gasteiger partial charge in [0.05, 0.1) is 0 Å². The van der Waals surface area contributed by atoms with Crippen LogP contribution < -0.4 is 10.6 Å². The third-order valence-electron chi connectivity index (χ3n) is 3.54. The van der Waals surface area contributed by atoms with Gasteiger partial charge in [0.25, 0.3) is 0 Å². The molecule has 0 spiro atoms. The number of thioether (sulfide) groups is 1. The van der Waals surface area contributed by atoms with Crippen molar-refractivity contribution in [2.45, 2.75) is 36.2 Å². The van der Waals surface area contributed by atoms with Crippen LogP contribution in [0.4, 0.5) is 0 Å². The van der Waals surface area contributed by atoms with E-state index in [0.717, 1.165) is 6.54 Å². The summed E-state index contributed by atoms with van der Waals surface area (Å²) in [5, 5.41) is 7.09. The lowest BCUT2D eigenvalue weighted by Crippen LogP contribution is -2.43. The number of benzene rings is 1. The Balaban J connectivity index is 2.10. The number of hydrogen-bond donors (Lipinski definition) is 2. The molecule has 1 fully saturated rings. The molecule has 0 radical (unpaired) electrons. The summed E-state index contributed by atoms with van der Waals surface area (Å²) in [5.41, 5.74) is 1.39. The molecule has 2 rings (SSSR count). The van der Waals surface area contributed by atoms with Gasteiger partial charge in [0.15, 0.2) is 0 Å². The molecule has 1 aromatic carbocycles. The first kappa shape index (κ1) is 12.9. The van der Waals surface area contributed by atoms with Crippen molar-refractivity contribution in [1.82, 2.24) is 10.6 Å². The highest BCUT2D eigenvalue weighted by atomic mass is 32.2. The van der Waals surface area contributed by atoms with Gasteiger partial charge in [-0.1, -0.05) is 18.6 Å². The van der Waals surface area contributed by atoms with E-state index in [-0.39, 0.29) is 0 Å². The first-order valence-electron chi connectivity index (χ1n) is 6.39. The van der Waals surface area contributed by atoms with Crippen molar-refractivity contribution in [2.24, 2.45) is 0 Å². The van der Waals surface area contributed by atoms with E-state index < -0.39 is 0 Å². The van der Waals surface area contributed by atoms with E-state index >= 15 is 0 Å². The maximum Gasteiger partial charge on any atom is 0.0473 e. The minimum Gasteiger partial charge on any atom is -0.312 e. The van der Waals surface area contributed by atoms with E-state index in [4.69, 9.17) is 0 Å². The molecule has 0 aromatic heterocycles. The first-order valence-corrected chi connectivity index (χ1v) is 7.62. The molecule has 94 valence electrons. The highest BCUT2D eigenvalue weighted by Crippen LogP contribution is 2.24. The predicted octanol–water partition coefficient (Wildman–Crippen LogP) is 2.81. The largest absolute Gasteiger partial charge is 0.312 e. The van der Waals surface area contributed by atoms with Gasteiger partial charge in [-0.05, 0) is 50.4 Å². The number of likely N-dealkylation sites (N-methyl/N-ethyl adjacent to an activating group) is 1. The van der Waals surface area contributed by atoms with Crippen molar-refractivity contribution >= 4 is 11.8 Å². The normalized spacial score (nSPS) is 22.4. The first-order chi connectivity index (χ1) is 8.35. The van der Waals surface area contributed by atoms with Crippen molar-refractivity contribution in [2.75, 3.05) is 19.8 Å². The molecule has 0 amide bonds. The molecule has 1 aliphatic heterocycles. The lowest BCUT2D eigenvalue weighted by molar-refractivity contribution is 0.326. The van der Waals surface area contributed by atoms with Crippen LogP contribution in [0.1, 0.15) is 30.9 Å². The Bertz CT molecular complexity index is 331. The molecule has 1 heterocycles. The Morgan fingerprint density at radius 2 is 2.06 bits per heavy atom. The molecule has 1 saturated heterocycles. The summed E-state index contributed by atoms with van der Waals surface area (Å²) in [6.07, 6.45) is 6.06. The Hall–Kier alpha value is -0.510. The minimum absolute atomic E-state index is 0.436. The van der Waals surface area contributed by atoms with Gasteiger partial charge in [-0.15, -0.1) is 11.8 Å². The Labute approximate surface area is 109 Å². The monoisotopic (exact) mass is 250 g/mol. The highest BCUT2D eigenvalue weighted by molar-refractivity contribution is 7.98. The smallest absolute Gasteiger partial charge is 0.0473 e. The van der Waals surface area contributed by atoms with Crippen LogP contribution in [0.3, 0.4) is 0 Å². The van der Waals surface area contributed by atoms with Crippen LogP contribution in [0.15, 0.2) is 29.2 Å². The summed E-state index contributed by atoms with van der Waals surface area (Å²) in [5.74, 6) is 0. The maximum atomic E-state index is 3.63. The molecular formula is C14H22N2S. The fourth-order valence-electron chi connectivity index (χ4n) is 2.57. The molecular weight excluding hydrogens is 228 g/mol. The summed E-state index contributed by atoms with van der Waals surface area (Å²) in [4.78, 5) is 1.33. The minimum atomic E-state index is 0.436. The average Bonchev–Trinajstić information content (AvgIpc) is 2.42. The third-order valence-corrected chi connectivity index (χ3v) is 4.28. The van der Waals surface area contributed by atoms with Crippen LogP contribution in [0, 0.1) is 0 Å². The standard InChI is InChI=1S/C14H22N2S/c1-15-14(13-5-3-4-10-16-13)11-6-8-12(17-2)9-7-11/h6-9,13-16H,3-5,10H2,1-2H3. The van der Waals surface area contributed by atoms with Crippen molar-refractivity contribution in [3.63, 3.8) is 0 Å². The Morgan fingerprint density at radius 1 is 1.29 bits per heavy atom. The molecule has 3 heteroatoms. The second-order valence-electron chi connectivity index (χ2n) is 4.60. The summed E-state index contributed by atoms with van der Waals surface area (Å²) >= 11 is 1.80. The Kier molecular flexibility index (Phi) is 4.89. The zero-order valence-electron chi connectivity index (χ0n) is 10.7. The van der Waals surface area contributed by atoms with E-state index in [0.29, 0.717) is 12.1 Å². The SMILES string of the molecule is CNC(c1ccc(SC)cc1)C1CCCCN1. The van der Waals surface area contributed by atoms with Gasteiger partial charge in [-0.2, -0.15) is 0 Å². The fraction of sp³-hybridized carbons (Fsp3) is 0.571. The number of hydrogen-bond acceptors (Lipinski definition) is 3. The van der Waals surface area contributed by atoms with Crippen LogP contribution in [0.25, 0.3) is 0 Å². The van der Waals surface area contributed by atoms with E-state index in [1.54, 1.807) is 11.8 Å². The zero-order valence-corrected chi connectivity index (χ0v) is 11.5. The van der Waals surface area contributed by atoms with Gasteiger partial charge >= 0.3 is 0 Å². The Morgan fingerprint density at radius 3 is 2.59 bits per heavy atom. The molecule has 2 N–H and O–H groups in total. The molecule has 0 saturated carbocycles. The van der Waals surface area contributed by atoms with E-state index in [2.05, 4.69) is 48.2 Å². The topological polar surface area (TPSA) is 24.1 Å². The lowest BCUT2D eigenvalue weighted by atomic mass is 9.93. The van der Waals surface area contributed by atoms with E-state index in [1.807, 2.05) is 0 Å². The number of piperidine rings is 1. The van der Waals surface area contributed by atoms with Gasteiger partial charge < -0.3 is 10.6 Å². The van der Waals surface area contributed by atoms with E-state index in [9.17, 15) is 0 Å². The summed E-state index contributed by atoms with van der Waals surface area (Å²) in [7, 11) is 2.06. The van der Waals surface area contributed by atoms with Gasteiger partial charge in [-0.25, -0.2) is 0 Å². The van der Waals surface area contributed by atoms with Crippen molar-refractivity contribution < 1.29 is 0 Å². The van der Waals surface area contributed by atoms with Gasteiger partial charge in [0.2, 0.25) is 0 Å². The molecule has 17 heavy (non-hydrogen) atoms. The van der Waals surface area contributed by atoms with Gasteiger partial charge in [0, 0.05) is 17.0 Å². The highest BCUT2D eigenvalue weighted by Gasteiger charge is 2.22. The van der Waals surface area contributed by atoms with Gasteiger partial charge in [-0.3, -0.25) is 0 Å². The van der Waals surface area contributed by atoms with Crippen molar-refractivity contribution in [3.8, 4) is 0 Å². The molecule has 0 aliphatic carbocycles. The van der Waals surface area contributed by atoms with Gasteiger partial charge in [0.1, 0.15) is 0 Å². The van der Waals surface area contributed by atoms with Crippen LogP contribution in [-0.2, 0) is 0 Å². The maximum absolute atomic E-state index is 3.63. The van der Waals surface area contributed by atoms with Crippen molar-refractivity contribution in [3.05, 3.63) is 29.8 Å². The molecule has 1 aliphatic rings. The second kappa shape index (κ2) is 6.43. The van der Waals surface area contributed by atoms with Crippen LogP contribution in [0.5, 0.6) is 0 Å². The van der Waals surface area contributed by atoms with Crippen LogP contribution >= 0.6 is 11.8 Å². The molecule has 1 aromatic rings. The predicted molar refractivity (Wildman–Crippen MR) is 75.7 cm³/mol. The fourth-order valence-corrected chi connectivity index (χ4v) is 2.98. The summed E-state index contributed by atoms with van der Waals surface area (Å²) in [6.45, 7) is 1.16. The number of nitrogens with one attached hydrogen (secondary N) is 2. The van der Waals surface area contributed by atoms with Crippen LogP contribution in [0.2, 0.25) is 0 Å². The van der Waals surface area contributed by atoms with Crippen molar-refractivity contribution in [1.29, 1.82) is 0 Å². The molecule has 0 bridgehead atoms. The molecule has 2 nitrogen and oxygen atoms in total. The van der Waals surface area contributed by atoms with Crippen LogP contribution in [-0.4, -0.2) is 25.9 Å². The average molecular weight is 250 g/mol. The molecule has 2 unspecified atom stereocenters. The number of rotatable bonds is 4. The van der Waals surface area contributed by atoms with E-state index in [1.165, 1.54) is 29.7 Å². The summed E-state index contributed by atoms with van der Waals surface area (Å²) < 4.78 is 0. The summed E-state index contributed by atoms with van der Waals surface area (Å²) in [6, 6.07) is 9.95.